The Morgan fingerprint density at radius 1 is 1.29 bits per heavy atom. The SMILES string of the molecule is CCOCC(=O)N1CCCS(=O)(=NC(=O)c2ccc(S(=O)(=O)N(C)C)o2)CC1. The van der Waals surface area contributed by atoms with E-state index in [2.05, 4.69) is 4.36 Å². The van der Waals surface area contributed by atoms with Gasteiger partial charge in [0.1, 0.15) is 6.61 Å². The standard InChI is InChI=1S/C16H25N3O7S2/c1-4-25-12-14(20)19-8-5-10-27(22,11-9-19)17-16(21)13-6-7-15(26-13)28(23,24)18(2)3/h6-7H,4-5,8-12H2,1-3H3. The number of rotatable bonds is 6. The van der Waals surface area contributed by atoms with Crippen molar-refractivity contribution >= 4 is 31.6 Å². The first-order valence-corrected chi connectivity index (χ1v) is 12.0. The highest BCUT2D eigenvalue weighted by atomic mass is 32.2. The molecule has 28 heavy (non-hydrogen) atoms. The largest absolute Gasteiger partial charge is 0.438 e. The van der Waals surface area contributed by atoms with Gasteiger partial charge in [0, 0.05) is 45.3 Å². The van der Waals surface area contributed by atoms with Gasteiger partial charge in [-0.15, -0.1) is 0 Å². The molecule has 1 atom stereocenters. The third kappa shape index (κ3) is 5.40. The van der Waals surface area contributed by atoms with Crippen LogP contribution in [-0.4, -0.2) is 85.6 Å². The van der Waals surface area contributed by atoms with Gasteiger partial charge < -0.3 is 14.1 Å². The number of sulfonamides is 1. The Morgan fingerprint density at radius 2 is 2.00 bits per heavy atom. The van der Waals surface area contributed by atoms with E-state index in [-0.39, 0.29) is 41.4 Å². The van der Waals surface area contributed by atoms with Crippen LogP contribution in [0.25, 0.3) is 0 Å². The van der Waals surface area contributed by atoms with Crippen LogP contribution in [0.4, 0.5) is 0 Å². The zero-order valence-electron chi connectivity index (χ0n) is 16.1. The van der Waals surface area contributed by atoms with Crippen LogP contribution < -0.4 is 0 Å². The normalized spacial score (nSPS) is 20.8. The predicted octanol–water partition coefficient (Wildman–Crippen LogP) is 0.407. The molecule has 1 aliphatic rings. The van der Waals surface area contributed by atoms with Gasteiger partial charge in [-0.05, 0) is 25.5 Å². The monoisotopic (exact) mass is 435 g/mol. The van der Waals surface area contributed by atoms with E-state index in [0.29, 0.717) is 19.6 Å². The lowest BCUT2D eigenvalue weighted by molar-refractivity contribution is -0.135. The lowest BCUT2D eigenvalue weighted by Gasteiger charge is -2.19. The third-order valence-electron chi connectivity index (χ3n) is 4.13. The maximum absolute atomic E-state index is 13.0. The van der Waals surface area contributed by atoms with Crippen molar-refractivity contribution in [1.29, 1.82) is 0 Å². The lowest BCUT2D eigenvalue weighted by Crippen LogP contribution is -2.36. The molecule has 158 valence electrons. The van der Waals surface area contributed by atoms with E-state index in [4.69, 9.17) is 9.15 Å². The molecule has 0 bridgehead atoms. The molecule has 10 nitrogen and oxygen atoms in total. The molecule has 1 saturated heterocycles. The van der Waals surface area contributed by atoms with Crippen molar-refractivity contribution < 1.29 is 31.4 Å². The van der Waals surface area contributed by atoms with E-state index in [1.165, 1.54) is 20.2 Å². The Labute approximate surface area is 165 Å². The highest BCUT2D eigenvalue weighted by Crippen LogP contribution is 2.18. The summed E-state index contributed by atoms with van der Waals surface area (Å²) in [5.74, 6) is -1.14. The minimum absolute atomic E-state index is 0.0384. The fourth-order valence-corrected chi connectivity index (χ4v) is 5.18. The first-order valence-electron chi connectivity index (χ1n) is 8.74. The molecule has 1 aromatic rings. The molecule has 2 heterocycles. The number of carbonyl (C=O) groups is 2. The Hall–Kier alpha value is -1.76. The van der Waals surface area contributed by atoms with Crippen LogP contribution in [0.2, 0.25) is 0 Å². The molecular weight excluding hydrogens is 410 g/mol. The lowest BCUT2D eigenvalue weighted by atomic mass is 10.4. The van der Waals surface area contributed by atoms with E-state index in [9.17, 15) is 22.2 Å². The smallest absolute Gasteiger partial charge is 0.320 e. The Kier molecular flexibility index (Phi) is 7.37. The molecule has 1 aromatic heterocycles. The van der Waals surface area contributed by atoms with Crippen molar-refractivity contribution in [3.63, 3.8) is 0 Å². The van der Waals surface area contributed by atoms with Crippen molar-refractivity contribution in [2.24, 2.45) is 4.36 Å². The van der Waals surface area contributed by atoms with E-state index in [0.717, 1.165) is 10.4 Å². The maximum Gasteiger partial charge on any atom is 0.320 e. The van der Waals surface area contributed by atoms with Crippen LogP contribution in [0.3, 0.4) is 0 Å². The van der Waals surface area contributed by atoms with E-state index in [1.54, 1.807) is 11.8 Å². The fourth-order valence-electron chi connectivity index (χ4n) is 2.52. The summed E-state index contributed by atoms with van der Waals surface area (Å²) in [6, 6.07) is 2.35. The van der Waals surface area contributed by atoms with Gasteiger partial charge in [-0.1, -0.05) is 0 Å². The average Bonchev–Trinajstić information content (AvgIpc) is 3.06. The van der Waals surface area contributed by atoms with E-state index < -0.39 is 25.7 Å². The summed E-state index contributed by atoms with van der Waals surface area (Å²) in [6.07, 6.45) is 0.436. The van der Waals surface area contributed by atoms with Gasteiger partial charge in [0.2, 0.25) is 11.0 Å². The highest BCUT2D eigenvalue weighted by molar-refractivity contribution is 7.93. The van der Waals surface area contributed by atoms with Crippen LogP contribution in [-0.2, 0) is 29.3 Å². The van der Waals surface area contributed by atoms with Crippen molar-refractivity contribution in [3.05, 3.63) is 17.9 Å². The minimum Gasteiger partial charge on any atom is -0.438 e. The summed E-state index contributed by atoms with van der Waals surface area (Å²) in [6.45, 7) is 2.80. The fraction of sp³-hybridized carbons (Fsp3) is 0.625. The van der Waals surface area contributed by atoms with Gasteiger partial charge in [-0.2, -0.15) is 4.36 Å². The van der Waals surface area contributed by atoms with Gasteiger partial charge in [-0.25, -0.2) is 16.9 Å². The minimum atomic E-state index is -3.82. The predicted molar refractivity (Wildman–Crippen MR) is 102 cm³/mol. The number of hydrogen-bond donors (Lipinski definition) is 0. The topological polar surface area (TPSA) is 127 Å². The number of furan rings is 1. The molecule has 0 spiro atoms. The second-order valence-electron chi connectivity index (χ2n) is 6.35. The highest BCUT2D eigenvalue weighted by Gasteiger charge is 2.26. The Balaban J connectivity index is 2.14. The molecule has 2 amide bonds. The number of carbonyl (C=O) groups excluding carboxylic acids is 2. The van der Waals surface area contributed by atoms with Crippen molar-refractivity contribution in [3.8, 4) is 0 Å². The van der Waals surface area contributed by atoms with Crippen LogP contribution in [0.5, 0.6) is 0 Å². The molecule has 1 fully saturated rings. The number of hydrogen-bond acceptors (Lipinski definition) is 7. The van der Waals surface area contributed by atoms with Gasteiger partial charge in [0.05, 0.1) is 9.73 Å². The van der Waals surface area contributed by atoms with Crippen LogP contribution in [0.1, 0.15) is 23.9 Å². The third-order valence-corrected chi connectivity index (χ3v) is 8.07. The number of amides is 2. The van der Waals surface area contributed by atoms with Gasteiger partial charge in [-0.3, -0.25) is 9.59 Å². The molecule has 1 unspecified atom stereocenters. The summed E-state index contributed by atoms with van der Waals surface area (Å²) < 4.78 is 52.0. The van der Waals surface area contributed by atoms with Gasteiger partial charge in [0.25, 0.3) is 10.0 Å². The summed E-state index contributed by atoms with van der Waals surface area (Å²) >= 11 is 0. The molecule has 0 aromatic carbocycles. The van der Waals surface area contributed by atoms with Crippen LogP contribution in [0.15, 0.2) is 26.0 Å². The van der Waals surface area contributed by atoms with Crippen molar-refractivity contribution in [2.45, 2.75) is 18.4 Å². The zero-order chi connectivity index (χ0) is 20.9. The van der Waals surface area contributed by atoms with E-state index >= 15 is 0 Å². The van der Waals surface area contributed by atoms with Crippen molar-refractivity contribution in [1.82, 2.24) is 9.21 Å². The molecule has 2 rings (SSSR count). The molecule has 1 aliphatic heterocycles. The first kappa shape index (κ1) is 22.5. The first-order chi connectivity index (χ1) is 13.1. The summed E-state index contributed by atoms with van der Waals surface area (Å²) in [5, 5.41) is -0.389. The zero-order valence-corrected chi connectivity index (χ0v) is 17.8. The number of nitrogens with zero attached hydrogens (tertiary/aromatic N) is 3. The van der Waals surface area contributed by atoms with Gasteiger partial charge in [0.15, 0.2) is 5.76 Å². The maximum atomic E-state index is 13.0. The second-order valence-corrected chi connectivity index (χ2v) is 11.0. The average molecular weight is 436 g/mol. The Morgan fingerprint density at radius 3 is 2.64 bits per heavy atom. The molecule has 0 N–H and O–H groups in total. The second kappa shape index (κ2) is 9.16. The Bertz CT molecular complexity index is 943. The summed E-state index contributed by atoms with van der Waals surface area (Å²) in [7, 11) is -4.03. The summed E-state index contributed by atoms with van der Waals surface area (Å²) in [4.78, 5) is 26.0. The van der Waals surface area contributed by atoms with E-state index in [1.807, 2.05) is 0 Å². The molecule has 0 saturated carbocycles. The number of ether oxygens (including phenoxy) is 1. The molecular formula is C16H25N3O7S2. The van der Waals surface area contributed by atoms with Gasteiger partial charge >= 0.3 is 5.91 Å². The molecule has 12 heteroatoms. The summed E-state index contributed by atoms with van der Waals surface area (Å²) in [5.41, 5.74) is 0. The molecule has 0 radical (unpaired) electrons. The van der Waals surface area contributed by atoms with Crippen molar-refractivity contribution in [2.75, 3.05) is 51.9 Å². The molecule has 0 aliphatic carbocycles. The quantitative estimate of drug-likeness (QED) is 0.633. The van der Waals surface area contributed by atoms with Crippen LogP contribution >= 0.6 is 0 Å². The van der Waals surface area contributed by atoms with Crippen LogP contribution in [0, 0.1) is 0 Å².